The van der Waals surface area contributed by atoms with E-state index in [1.54, 1.807) is 18.9 Å². The van der Waals surface area contributed by atoms with Crippen LogP contribution in [0, 0.1) is 13.8 Å². The van der Waals surface area contributed by atoms with Crippen molar-refractivity contribution >= 4 is 11.8 Å². The summed E-state index contributed by atoms with van der Waals surface area (Å²) in [5, 5.41) is 4.17. The van der Waals surface area contributed by atoms with Gasteiger partial charge in [-0.25, -0.2) is 9.97 Å². The largest absolute Gasteiger partial charge is 0.497 e. The average Bonchev–Trinajstić information content (AvgIpc) is 2.47. The van der Waals surface area contributed by atoms with Crippen LogP contribution in [0.1, 0.15) is 23.0 Å². The van der Waals surface area contributed by atoms with Gasteiger partial charge in [-0.2, -0.15) is 0 Å². The minimum atomic E-state index is 0.255. The maximum absolute atomic E-state index is 5.19. The molecule has 1 N–H and O–H groups in total. The van der Waals surface area contributed by atoms with Crippen molar-refractivity contribution in [2.75, 3.05) is 19.9 Å². The Bertz CT molecular complexity index is 566. The van der Waals surface area contributed by atoms with E-state index in [4.69, 9.17) is 4.74 Å². The summed E-state index contributed by atoms with van der Waals surface area (Å²) in [5.74, 6) is 1.75. The monoisotopic (exact) mass is 303 g/mol. The van der Waals surface area contributed by atoms with E-state index in [-0.39, 0.29) is 6.04 Å². The van der Waals surface area contributed by atoms with Gasteiger partial charge in [-0.15, -0.1) is 0 Å². The first kappa shape index (κ1) is 15.8. The number of nitrogens with zero attached hydrogens (tertiary/aromatic N) is 2. The summed E-state index contributed by atoms with van der Waals surface area (Å²) in [7, 11) is 3.65. The molecule has 1 aromatic carbocycles. The summed E-state index contributed by atoms with van der Waals surface area (Å²) in [5.41, 5.74) is 3.25. The third-order valence-corrected chi connectivity index (χ3v) is 4.15. The fraction of sp³-hybridized carbons (Fsp3) is 0.375. The van der Waals surface area contributed by atoms with Crippen LogP contribution in [-0.2, 0) is 0 Å². The van der Waals surface area contributed by atoms with Crippen LogP contribution in [0.25, 0.3) is 0 Å². The normalized spacial score (nSPS) is 12.2. The highest BCUT2D eigenvalue weighted by atomic mass is 32.2. The molecule has 0 amide bonds. The second-order valence-corrected chi connectivity index (χ2v) is 5.85. The molecule has 0 aliphatic carbocycles. The lowest BCUT2D eigenvalue weighted by atomic mass is 10.1. The van der Waals surface area contributed by atoms with Crippen LogP contribution in [0.5, 0.6) is 5.75 Å². The first-order chi connectivity index (χ1) is 10.1. The quantitative estimate of drug-likeness (QED) is 0.656. The Morgan fingerprint density at radius 2 is 1.76 bits per heavy atom. The van der Waals surface area contributed by atoms with Crippen LogP contribution in [-0.4, -0.2) is 29.9 Å². The van der Waals surface area contributed by atoms with Gasteiger partial charge in [0.05, 0.1) is 7.11 Å². The molecule has 0 spiro atoms. The first-order valence-corrected chi connectivity index (χ1v) is 7.87. The smallest absolute Gasteiger partial charge is 0.188 e. The predicted octanol–water partition coefficient (Wildman–Crippen LogP) is 3.15. The Morgan fingerprint density at radius 3 is 2.29 bits per heavy atom. The van der Waals surface area contributed by atoms with Gasteiger partial charge >= 0.3 is 0 Å². The van der Waals surface area contributed by atoms with Crippen molar-refractivity contribution in [2.24, 2.45) is 0 Å². The molecule has 0 fully saturated rings. The Labute approximate surface area is 130 Å². The summed E-state index contributed by atoms with van der Waals surface area (Å²) in [6.07, 6.45) is 0. The molecule has 2 rings (SSSR count). The molecule has 1 heterocycles. The van der Waals surface area contributed by atoms with E-state index in [2.05, 4.69) is 27.4 Å². The molecule has 1 aromatic heterocycles. The molecule has 0 aliphatic heterocycles. The highest BCUT2D eigenvalue weighted by Gasteiger charge is 2.11. The van der Waals surface area contributed by atoms with Gasteiger partial charge in [-0.3, -0.25) is 0 Å². The lowest BCUT2D eigenvalue weighted by Crippen LogP contribution is -2.18. The third-order valence-electron chi connectivity index (χ3n) is 3.21. The van der Waals surface area contributed by atoms with Crippen LogP contribution < -0.4 is 10.1 Å². The van der Waals surface area contributed by atoms with Crippen molar-refractivity contribution in [1.82, 2.24) is 15.3 Å². The van der Waals surface area contributed by atoms with Crippen LogP contribution in [0.3, 0.4) is 0 Å². The topological polar surface area (TPSA) is 47.0 Å². The maximum Gasteiger partial charge on any atom is 0.188 e. The van der Waals surface area contributed by atoms with Crippen LogP contribution in [0.4, 0.5) is 0 Å². The number of hydrogen-bond acceptors (Lipinski definition) is 5. The fourth-order valence-corrected chi connectivity index (χ4v) is 3.19. The summed E-state index contributed by atoms with van der Waals surface area (Å²) in [4.78, 5) is 8.93. The summed E-state index contributed by atoms with van der Waals surface area (Å²) < 4.78 is 5.19. The van der Waals surface area contributed by atoms with Crippen molar-refractivity contribution in [1.29, 1.82) is 0 Å². The number of aryl methyl sites for hydroxylation is 2. The molecule has 0 radical (unpaired) electrons. The van der Waals surface area contributed by atoms with Gasteiger partial charge < -0.3 is 10.1 Å². The lowest BCUT2D eigenvalue weighted by Gasteiger charge is -2.16. The molecule has 1 unspecified atom stereocenters. The van der Waals surface area contributed by atoms with E-state index in [0.717, 1.165) is 28.0 Å². The molecule has 0 saturated heterocycles. The number of methoxy groups -OCH3 is 1. The zero-order valence-corrected chi connectivity index (χ0v) is 13.7. The second-order valence-electron chi connectivity index (χ2n) is 4.86. The molecule has 0 bridgehead atoms. The Morgan fingerprint density at radius 1 is 1.14 bits per heavy atom. The number of hydrogen-bond donors (Lipinski definition) is 1. The van der Waals surface area contributed by atoms with Gasteiger partial charge in [0.1, 0.15) is 5.75 Å². The van der Waals surface area contributed by atoms with E-state index in [9.17, 15) is 0 Å². The summed E-state index contributed by atoms with van der Waals surface area (Å²) in [6.45, 7) is 4.00. The minimum Gasteiger partial charge on any atom is -0.497 e. The predicted molar refractivity (Wildman–Crippen MR) is 87.0 cm³/mol. The zero-order chi connectivity index (χ0) is 15.2. The number of thioether (sulfide) groups is 1. The number of aromatic nitrogens is 2. The number of benzene rings is 1. The molecule has 4 nitrogen and oxygen atoms in total. The van der Waals surface area contributed by atoms with E-state index in [0.29, 0.717) is 0 Å². The lowest BCUT2D eigenvalue weighted by molar-refractivity contribution is 0.414. The molecule has 0 saturated carbocycles. The second kappa shape index (κ2) is 7.43. The standard InChI is InChI=1S/C16H21N3OS/c1-11-9-12(2)19-16(18-11)21-10-15(17-3)13-5-7-14(20-4)8-6-13/h5-9,15,17H,10H2,1-4H3. The minimum absolute atomic E-state index is 0.255. The molecular weight excluding hydrogens is 282 g/mol. The zero-order valence-electron chi connectivity index (χ0n) is 12.9. The Kier molecular flexibility index (Phi) is 5.59. The van der Waals surface area contributed by atoms with Crippen molar-refractivity contribution in [3.05, 3.63) is 47.3 Å². The van der Waals surface area contributed by atoms with Crippen molar-refractivity contribution in [3.63, 3.8) is 0 Å². The van der Waals surface area contributed by atoms with Crippen molar-refractivity contribution in [2.45, 2.75) is 25.0 Å². The Hall–Kier alpha value is -1.59. The van der Waals surface area contributed by atoms with Crippen molar-refractivity contribution in [3.8, 4) is 5.75 Å². The molecular formula is C16H21N3OS. The number of rotatable bonds is 6. The van der Waals surface area contributed by atoms with Gasteiger partial charge in [-0.1, -0.05) is 23.9 Å². The molecule has 112 valence electrons. The number of nitrogens with one attached hydrogen (secondary N) is 1. The maximum atomic E-state index is 5.19. The van der Waals surface area contributed by atoms with Crippen molar-refractivity contribution < 1.29 is 4.74 Å². The van der Waals surface area contributed by atoms with Gasteiger partial charge in [-0.05, 0) is 44.7 Å². The van der Waals surface area contributed by atoms with E-state index >= 15 is 0 Å². The molecule has 21 heavy (non-hydrogen) atoms. The van der Waals surface area contributed by atoms with E-state index in [1.165, 1.54) is 5.56 Å². The first-order valence-electron chi connectivity index (χ1n) is 6.88. The molecule has 0 aliphatic rings. The molecule has 5 heteroatoms. The highest BCUT2D eigenvalue weighted by Crippen LogP contribution is 2.24. The third kappa shape index (κ3) is 4.44. The van der Waals surface area contributed by atoms with Crippen LogP contribution >= 0.6 is 11.8 Å². The van der Waals surface area contributed by atoms with Gasteiger partial charge in [0, 0.05) is 23.2 Å². The molecule has 1 atom stereocenters. The number of ether oxygens (including phenoxy) is 1. The van der Waals surface area contributed by atoms with E-state index < -0.39 is 0 Å². The van der Waals surface area contributed by atoms with Gasteiger partial charge in [0.25, 0.3) is 0 Å². The summed E-state index contributed by atoms with van der Waals surface area (Å²) in [6, 6.07) is 10.4. The fourth-order valence-electron chi connectivity index (χ4n) is 2.10. The van der Waals surface area contributed by atoms with Gasteiger partial charge in [0.15, 0.2) is 5.16 Å². The van der Waals surface area contributed by atoms with Gasteiger partial charge in [0.2, 0.25) is 0 Å². The average molecular weight is 303 g/mol. The highest BCUT2D eigenvalue weighted by molar-refractivity contribution is 7.99. The van der Waals surface area contributed by atoms with Crippen LogP contribution in [0.15, 0.2) is 35.5 Å². The summed E-state index contributed by atoms with van der Waals surface area (Å²) >= 11 is 1.67. The molecule has 2 aromatic rings. The Balaban J connectivity index is 2.04. The SMILES string of the molecule is CNC(CSc1nc(C)cc(C)n1)c1ccc(OC)cc1. The van der Waals surface area contributed by atoms with Crippen LogP contribution in [0.2, 0.25) is 0 Å². The van der Waals surface area contributed by atoms with E-state index in [1.807, 2.05) is 39.1 Å².